The number of anilines is 1. The third-order valence-corrected chi connectivity index (χ3v) is 5.40. The van der Waals surface area contributed by atoms with Crippen molar-refractivity contribution < 1.29 is 4.58 Å². The Kier molecular flexibility index (Phi) is 6.27. The predicted octanol–water partition coefficient (Wildman–Crippen LogP) is 5.49. The van der Waals surface area contributed by atoms with Crippen molar-refractivity contribution in [2.45, 2.75) is 0 Å². The molecular weight excluding hydrogens is 401 g/mol. The number of benzene rings is 2. The van der Waals surface area contributed by atoms with E-state index in [0.717, 1.165) is 33.7 Å². The van der Waals surface area contributed by atoms with Gasteiger partial charge in [-0.2, -0.15) is 5.26 Å². The number of rotatable bonds is 3. The van der Waals surface area contributed by atoms with Crippen LogP contribution in [0.25, 0.3) is 5.57 Å². The molecule has 0 spiro atoms. The van der Waals surface area contributed by atoms with Crippen LogP contribution in [0.2, 0.25) is 5.02 Å². The third-order valence-electron chi connectivity index (χ3n) is 4.78. The second kappa shape index (κ2) is 8.69. The Hall–Kier alpha value is -2.80. The molecule has 2 aromatic rings. The molecule has 0 heterocycles. The first-order valence-electron chi connectivity index (χ1n) is 9.14. The standard InChI is InChI=1S/C24H22Cl2N3/c1-28(2)18-9-11-20(22(25)13-18)24(17-7-5-16(15-27)6-8-17)21-12-10-19(29(3)4)14-23(21)26/h5-14H,1-4H3/q+1. The summed E-state index contributed by atoms with van der Waals surface area (Å²) in [6.07, 6.45) is 6.00. The van der Waals surface area contributed by atoms with Crippen molar-refractivity contribution in [1.29, 1.82) is 5.26 Å². The van der Waals surface area contributed by atoms with Gasteiger partial charge in [-0.25, -0.2) is 4.58 Å². The molecule has 0 N–H and O–H groups in total. The maximum Gasteiger partial charge on any atom is 0.200 e. The van der Waals surface area contributed by atoms with Crippen LogP contribution in [-0.4, -0.2) is 38.5 Å². The third kappa shape index (κ3) is 4.45. The van der Waals surface area contributed by atoms with E-state index >= 15 is 0 Å². The summed E-state index contributed by atoms with van der Waals surface area (Å²) in [7, 11) is 7.92. The van der Waals surface area contributed by atoms with Gasteiger partial charge in [0.05, 0.1) is 21.7 Å². The lowest BCUT2D eigenvalue weighted by Crippen LogP contribution is -2.11. The maximum atomic E-state index is 9.15. The highest BCUT2D eigenvalue weighted by Gasteiger charge is 2.20. The smallest absolute Gasteiger partial charge is 0.200 e. The molecule has 0 unspecified atom stereocenters. The van der Waals surface area contributed by atoms with Gasteiger partial charge in [-0.15, -0.1) is 0 Å². The zero-order valence-corrected chi connectivity index (χ0v) is 18.4. The molecule has 0 bridgehead atoms. The normalized spacial score (nSPS) is 14.9. The van der Waals surface area contributed by atoms with Crippen LogP contribution in [0.1, 0.15) is 16.7 Å². The monoisotopic (exact) mass is 422 g/mol. The molecule has 5 heteroatoms. The summed E-state index contributed by atoms with van der Waals surface area (Å²) < 4.78 is 2.01. The molecule has 146 valence electrons. The molecule has 0 radical (unpaired) electrons. The highest BCUT2D eigenvalue weighted by atomic mass is 35.5. The van der Waals surface area contributed by atoms with Crippen molar-refractivity contribution in [3.8, 4) is 6.07 Å². The van der Waals surface area contributed by atoms with Crippen LogP contribution >= 0.6 is 23.2 Å². The van der Waals surface area contributed by atoms with Crippen LogP contribution in [0.3, 0.4) is 0 Å². The molecule has 0 aliphatic heterocycles. The van der Waals surface area contributed by atoms with Gasteiger partial charge < -0.3 is 4.90 Å². The molecule has 3 nitrogen and oxygen atoms in total. The first-order valence-corrected chi connectivity index (χ1v) is 9.89. The van der Waals surface area contributed by atoms with Gasteiger partial charge in [0.2, 0.25) is 5.71 Å². The minimum atomic E-state index is 0.608. The van der Waals surface area contributed by atoms with Crippen LogP contribution in [-0.2, 0) is 0 Å². The van der Waals surface area contributed by atoms with Crippen LogP contribution in [0.4, 0.5) is 5.69 Å². The van der Waals surface area contributed by atoms with Crippen LogP contribution in [0.15, 0.2) is 71.3 Å². The fourth-order valence-corrected chi connectivity index (χ4v) is 3.68. The Labute approximate surface area is 182 Å². The topological polar surface area (TPSA) is 30.0 Å². The number of hydrogen-bond donors (Lipinski definition) is 0. The van der Waals surface area contributed by atoms with Gasteiger partial charge in [0, 0.05) is 43.1 Å². The second-order valence-electron chi connectivity index (χ2n) is 7.18. The minimum Gasteiger partial charge on any atom is -0.378 e. The Morgan fingerprint density at radius 3 is 2.21 bits per heavy atom. The SMILES string of the molecule is CN(C)c1ccc(/C(=C2/C=CC(=[N+](C)C)C=C2Cl)c2ccc(C#N)cc2)c(Cl)c1. The molecule has 1 aliphatic carbocycles. The number of hydrogen-bond acceptors (Lipinski definition) is 2. The van der Waals surface area contributed by atoms with E-state index in [1.54, 1.807) is 12.1 Å². The number of halogens is 2. The highest BCUT2D eigenvalue weighted by Crippen LogP contribution is 2.38. The minimum absolute atomic E-state index is 0.608. The van der Waals surface area contributed by atoms with E-state index in [2.05, 4.69) is 6.07 Å². The zero-order valence-electron chi connectivity index (χ0n) is 16.9. The Bertz CT molecular complexity index is 1110. The first-order chi connectivity index (χ1) is 13.8. The van der Waals surface area contributed by atoms with Crippen LogP contribution < -0.4 is 4.90 Å². The Morgan fingerprint density at radius 1 is 1.00 bits per heavy atom. The average Bonchev–Trinajstić information content (AvgIpc) is 2.70. The predicted molar refractivity (Wildman–Crippen MR) is 123 cm³/mol. The van der Waals surface area contributed by atoms with Crippen molar-refractivity contribution >= 4 is 40.2 Å². The summed E-state index contributed by atoms with van der Waals surface area (Å²) >= 11 is 13.4. The van der Waals surface area contributed by atoms with Gasteiger partial charge in [0.15, 0.2) is 0 Å². The fourth-order valence-electron chi connectivity index (χ4n) is 3.14. The molecular formula is C24H22Cl2N3+. The molecule has 0 saturated heterocycles. The molecule has 0 atom stereocenters. The van der Waals surface area contributed by atoms with Crippen molar-refractivity contribution in [2.24, 2.45) is 0 Å². The van der Waals surface area contributed by atoms with Gasteiger partial charge in [0.25, 0.3) is 0 Å². The van der Waals surface area contributed by atoms with Gasteiger partial charge in [-0.1, -0.05) is 41.4 Å². The van der Waals surface area contributed by atoms with Gasteiger partial charge >= 0.3 is 0 Å². The highest BCUT2D eigenvalue weighted by molar-refractivity contribution is 6.36. The van der Waals surface area contributed by atoms with Gasteiger partial charge in [0.1, 0.15) is 14.1 Å². The Balaban J connectivity index is 2.27. The molecule has 0 amide bonds. The van der Waals surface area contributed by atoms with E-state index in [4.69, 9.17) is 28.5 Å². The largest absolute Gasteiger partial charge is 0.378 e. The number of allylic oxidation sites excluding steroid dienone is 5. The second-order valence-corrected chi connectivity index (χ2v) is 8.00. The Morgan fingerprint density at radius 2 is 1.69 bits per heavy atom. The number of nitriles is 1. The molecule has 29 heavy (non-hydrogen) atoms. The molecule has 2 aromatic carbocycles. The van der Waals surface area contributed by atoms with Crippen LogP contribution in [0, 0.1) is 11.3 Å². The molecule has 0 saturated carbocycles. The lowest BCUT2D eigenvalue weighted by Gasteiger charge is -2.19. The van der Waals surface area contributed by atoms with E-state index in [0.29, 0.717) is 15.6 Å². The fraction of sp³-hybridized carbons (Fsp3) is 0.167. The zero-order chi connectivity index (χ0) is 21.1. The molecule has 1 aliphatic rings. The first kappa shape index (κ1) is 20.9. The quantitative estimate of drug-likeness (QED) is 0.612. The summed E-state index contributed by atoms with van der Waals surface area (Å²) in [5.74, 6) is 0. The lowest BCUT2D eigenvalue weighted by atomic mass is 9.90. The van der Waals surface area contributed by atoms with E-state index in [9.17, 15) is 0 Å². The average molecular weight is 423 g/mol. The van der Waals surface area contributed by atoms with Crippen LogP contribution in [0.5, 0.6) is 0 Å². The van der Waals surface area contributed by atoms with E-state index in [1.807, 2.05) is 86.2 Å². The van der Waals surface area contributed by atoms with Gasteiger partial charge in [-0.3, -0.25) is 0 Å². The van der Waals surface area contributed by atoms with E-state index < -0.39 is 0 Å². The molecule has 0 aromatic heterocycles. The summed E-state index contributed by atoms with van der Waals surface area (Å²) in [5.41, 5.74) is 6.31. The van der Waals surface area contributed by atoms with Crippen molar-refractivity contribution in [1.82, 2.24) is 0 Å². The lowest BCUT2D eigenvalue weighted by molar-refractivity contribution is -0.462. The van der Waals surface area contributed by atoms with Crippen molar-refractivity contribution in [2.75, 3.05) is 33.1 Å². The van der Waals surface area contributed by atoms with Crippen molar-refractivity contribution in [3.05, 3.63) is 93.0 Å². The van der Waals surface area contributed by atoms with E-state index in [1.165, 1.54) is 0 Å². The number of nitrogens with zero attached hydrogens (tertiary/aromatic N) is 3. The maximum absolute atomic E-state index is 9.15. The van der Waals surface area contributed by atoms with E-state index in [-0.39, 0.29) is 0 Å². The molecule has 3 rings (SSSR count). The summed E-state index contributed by atoms with van der Waals surface area (Å²) in [4.78, 5) is 2.01. The summed E-state index contributed by atoms with van der Waals surface area (Å²) in [5, 5.41) is 10.4. The molecule has 0 fully saturated rings. The van der Waals surface area contributed by atoms with Gasteiger partial charge in [-0.05, 0) is 41.5 Å². The summed E-state index contributed by atoms with van der Waals surface area (Å²) in [6, 6.07) is 15.6. The van der Waals surface area contributed by atoms with Crippen molar-refractivity contribution in [3.63, 3.8) is 0 Å². The summed E-state index contributed by atoms with van der Waals surface area (Å²) in [6.45, 7) is 0.